The van der Waals surface area contributed by atoms with E-state index in [1.54, 1.807) is 24.1 Å². The van der Waals surface area contributed by atoms with E-state index in [4.69, 9.17) is 0 Å². The van der Waals surface area contributed by atoms with Gasteiger partial charge in [-0.05, 0) is 23.3 Å². The lowest BCUT2D eigenvalue weighted by Gasteiger charge is -2.01. The molecule has 122 valence electrons. The summed E-state index contributed by atoms with van der Waals surface area (Å²) in [5.41, 5.74) is 4.47. The van der Waals surface area contributed by atoms with Crippen molar-refractivity contribution >= 4 is 27.5 Å². The number of hydrogen-bond acceptors (Lipinski definition) is 5. The first kappa shape index (κ1) is 18.9. The van der Waals surface area contributed by atoms with Crippen LogP contribution in [0.2, 0.25) is 0 Å². The van der Waals surface area contributed by atoms with Crippen molar-refractivity contribution in [3.8, 4) is 0 Å². The Balaban J connectivity index is 0.000000615. The Morgan fingerprint density at radius 3 is 2.48 bits per heavy atom. The van der Waals surface area contributed by atoms with Crippen LogP contribution in [-0.2, 0) is 17.6 Å². The second-order valence-corrected chi connectivity index (χ2v) is 5.11. The van der Waals surface area contributed by atoms with Gasteiger partial charge in [0, 0.05) is 31.4 Å². The molecule has 3 aromatic rings. The van der Waals surface area contributed by atoms with Crippen molar-refractivity contribution in [2.45, 2.75) is 40.5 Å². The number of ketones is 1. The molecule has 0 radical (unpaired) electrons. The molecule has 3 heterocycles. The highest BCUT2D eigenvalue weighted by atomic mass is 32.1. The van der Waals surface area contributed by atoms with Gasteiger partial charge in [0.1, 0.15) is 16.1 Å². The van der Waals surface area contributed by atoms with E-state index in [1.165, 1.54) is 11.3 Å². The molecule has 0 fully saturated rings. The molecule has 0 amide bonds. The van der Waals surface area contributed by atoms with E-state index in [-0.39, 0.29) is 5.78 Å². The van der Waals surface area contributed by atoms with Gasteiger partial charge in [0.2, 0.25) is 0 Å². The number of Topliss-reactive ketones (excluding diaryl/α,β-unsaturated/α-hetero) is 1. The fraction of sp³-hybridized carbons (Fsp3) is 0.333. The summed E-state index contributed by atoms with van der Waals surface area (Å²) in [5, 5.41) is 0. The monoisotopic (exact) mass is 329 g/mol. The lowest BCUT2D eigenvalue weighted by atomic mass is 10.1. The molecule has 0 aliphatic carbocycles. The minimum Gasteiger partial charge on any atom is -0.299 e. The minimum absolute atomic E-state index is 0.157. The van der Waals surface area contributed by atoms with Gasteiger partial charge in [0.05, 0.1) is 5.51 Å². The van der Waals surface area contributed by atoms with Crippen LogP contribution in [0.1, 0.15) is 38.8 Å². The van der Waals surface area contributed by atoms with Crippen molar-refractivity contribution in [3.05, 3.63) is 53.4 Å². The molecule has 0 N–H and O–H groups in total. The first-order chi connectivity index (χ1) is 11.3. The molecule has 0 saturated heterocycles. The highest BCUT2D eigenvalue weighted by Gasteiger charge is 2.07. The van der Waals surface area contributed by atoms with Crippen LogP contribution in [-0.4, -0.2) is 20.7 Å². The smallest absolute Gasteiger partial charge is 0.143 e. The number of nitrogens with zero attached hydrogens (tertiary/aromatic N) is 3. The van der Waals surface area contributed by atoms with Crippen LogP contribution in [0.5, 0.6) is 0 Å². The number of rotatable bonds is 4. The Hall–Kier alpha value is -2.14. The SMILES string of the molecule is CC.CC.O=C(Cc1cccnc1)Cc1cnc2scnc2c1. The van der Waals surface area contributed by atoms with E-state index in [0.717, 1.165) is 21.5 Å². The third-order valence-electron chi connectivity index (χ3n) is 2.77. The standard InChI is InChI=1S/C14H11N3OS.2C2H6/c18-12(4-10-2-1-3-15-7-10)5-11-6-13-14(16-8-11)19-9-17-13;2*1-2/h1-3,6-9H,4-5H2;2*1-2H3. The van der Waals surface area contributed by atoms with Gasteiger partial charge in [-0.2, -0.15) is 0 Å². The predicted octanol–water partition coefficient (Wildman–Crippen LogP) is 4.49. The largest absolute Gasteiger partial charge is 0.299 e. The van der Waals surface area contributed by atoms with Gasteiger partial charge in [-0.25, -0.2) is 9.97 Å². The Morgan fingerprint density at radius 2 is 1.78 bits per heavy atom. The molecular formula is C18H23N3OS. The lowest BCUT2D eigenvalue weighted by molar-refractivity contribution is -0.117. The molecule has 0 atom stereocenters. The summed E-state index contributed by atoms with van der Waals surface area (Å²) >= 11 is 1.50. The van der Waals surface area contributed by atoms with Crippen LogP contribution < -0.4 is 0 Å². The lowest BCUT2D eigenvalue weighted by Crippen LogP contribution is -2.07. The van der Waals surface area contributed by atoms with Crippen molar-refractivity contribution in [2.24, 2.45) is 0 Å². The van der Waals surface area contributed by atoms with Crippen LogP contribution >= 0.6 is 11.3 Å². The van der Waals surface area contributed by atoms with Crippen molar-refractivity contribution in [1.29, 1.82) is 0 Å². The zero-order valence-electron chi connectivity index (χ0n) is 14.1. The Kier molecular flexibility index (Phi) is 8.68. The summed E-state index contributed by atoms with van der Waals surface area (Å²) in [6.07, 6.45) is 5.97. The van der Waals surface area contributed by atoms with Gasteiger partial charge in [0.25, 0.3) is 0 Å². The first-order valence-corrected chi connectivity index (χ1v) is 8.78. The van der Waals surface area contributed by atoms with Crippen molar-refractivity contribution < 1.29 is 4.79 Å². The van der Waals surface area contributed by atoms with Gasteiger partial charge in [0.15, 0.2) is 0 Å². The maximum atomic E-state index is 12.0. The molecule has 3 aromatic heterocycles. The third-order valence-corrected chi connectivity index (χ3v) is 3.52. The van der Waals surface area contributed by atoms with Crippen LogP contribution in [0, 0.1) is 0 Å². The maximum Gasteiger partial charge on any atom is 0.143 e. The number of pyridine rings is 2. The van der Waals surface area contributed by atoms with Crippen molar-refractivity contribution in [2.75, 3.05) is 0 Å². The van der Waals surface area contributed by atoms with Crippen molar-refractivity contribution in [3.63, 3.8) is 0 Å². The molecule has 4 nitrogen and oxygen atoms in total. The van der Waals surface area contributed by atoms with E-state index in [0.29, 0.717) is 12.8 Å². The Labute approximate surface area is 141 Å². The number of hydrogen-bond donors (Lipinski definition) is 0. The average molecular weight is 329 g/mol. The number of carbonyl (C=O) groups excluding carboxylic acids is 1. The molecule has 3 rings (SSSR count). The van der Waals surface area contributed by atoms with Crippen LogP contribution in [0.15, 0.2) is 42.3 Å². The second kappa shape index (κ2) is 10.6. The molecule has 0 aromatic carbocycles. The summed E-state index contributed by atoms with van der Waals surface area (Å²) in [6, 6.07) is 5.68. The van der Waals surface area contributed by atoms with Gasteiger partial charge < -0.3 is 0 Å². The quantitative estimate of drug-likeness (QED) is 0.707. The average Bonchev–Trinajstić information content (AvgIpc) is 3.07. The molecule has 5 heteroatoms. The van der Waals surface area contributed by atoms with E-state index < -0.39 is 0 Å². The fourth-order valence-corrected chi connectivity index (χ4v) is 2.53. The molecule has 0 aliphatic rings. The second-order valence-electron chi connectivity index (χ2n) is 4.27. The summed E-state index contributed by atoms with van der Waals surface area (Å²) in [4.78, 5) is 25.4. The number of fused-ring (bicyclic) bond motifs is 1. The normalized spacial score (nSPS) is 9.39. The van der Waals surface area contributed by atoms with Gasteiger partial charge in [-0.15, -0.1) is 11.3 Å². The van der Waals surface area contributed by atoms with E-state index in [1.807, 2.05) is 45.9 Å². The van der Waals surface area contributed by atoms with Crippen LogP contribution in [0.3, 0.4) is 0 Å². The zero-order chi connectivity index (χ0) is 17.1. The third kappa shape index (κ3) is 5.87. The summed E-state index contributed by atoms with van der Waals surface area (Å²) < 4.78 is 0. The number of thiazole rings is 1. The maximum absolute atomic E-state index is 12.0. The fourth-order valence-electron chi connectivity index (χ4n) is 1.92. The number of aromatic nitrogens is 3. The summed E-state index contributed by atoms with van der Waals surface area (Å²) in [5.74, 6) is 0.157. The molecule has 0 unspecified atom stereocenters. The van der Waals surface area contributed by atoms with E-state index >= 15 is 0 Å². The molecule has 0 saturated carbocycles. The van der Waals surface area contributed by atoms with Gasteiger partial charge in [-0.1, -0.05) is 33.8 Å². The van der Waals surface area contributed by atoms with Crippen molar-refractivity contribution in [1.82, 2.24) is 15.0 Å². The van der Waals surface area contributed by atoms with Crippen LogP contribution in [0.4, 0.5) is 0 Å². The van der Waals surface area contributed by atoms with E-state index in [2.05, 4.69) is 15.0 Å². The minimum atomic E-state index is 0.157. The number of carbonyl (C=O) groups is 1. The molecule has 0 spiro atoms. The van der Waals surface area contributed by atoms with Gasteiger partial charge in [-0.3, -0.25) is 9.78 Å². The molecule has 0 bridgehead atoms. The Bertz CT molecular complexity index is 710. The Morgan fingerprint density at radius 1 is 1.04 bits per heavy atom. The zero-order valence-corrected chi connectivity index (χ0v) is 14.9. The first-order valence-electron chi connectivity index (χ1n) is 7.90. The van der Waals surface area contributed by atoms with Gasteiger partial charge >= 0.3 is 0 Å². The molecule has 23 heavy (non-hydrogen) atoms. The summed E-state index contributed by atoms with van der Waals surface area (Å²) in [6.45, 7) is 8.00. The highest BCUT2D eigenvalue weighted by molar-refractivity contribution is 7.16. The van der Waals surface area contributed by atoms with Crippen LogP contribution in [0.25, 0.3) is 10.3 Å². The predicted molar refractivity (Wildman–Crippen MR) is 96.8 cm³/mol. The summed E-state index contributed by atoms with van der Waals surface area (Å²) in [7, 11) is 0. The van der Waals surface area contributed by atoms with E-state index in [9.17, 15) is 4.79 Å². The highest BCUT2D eigenvalue weighted by Crippen LogP contribution is 2.16. The molecular weight excluding hydrogens is 306 g/mol. The topological polar surface area (TPSA) is 55.7 Å². The molecule has 0 aliphatic heterocycles.